The largest absolute Gasteiger partial charge is 0.487 e. The number of ether oxygens (including phenoxy) is 3. The lowest BCUT2D eigenvalue weighted by Crippen LogP contribution is -2.52. The van der Waals surface area contributed by atoms with Crippen LogP contribution in [0.1, 0.15) is 76.3 Å². The molecule has 8 rings (SSSR count). The van der Waals surface area contributed by atoms with Crippen LogP contribution in [0.5, 0.6) is 11.6 Å². The number of benzene rings is 1. The molecule has 2 aliphatic heterocycles. The maximum atomic E-state index is 10.4. The molecule has 2 saturated carbocycles. The third-order valence-electron chi connectivity index (χ3n) is 10.6. The summed E-state index contributed by atoms with van der Waals surface area (Å²) in [4.78, 5) is 12.0. The Morgan fingerprint density at radius 2 is 1.78 bits per heavy atom. The lowest BCUT2D eigenvalue weighted by atomic mass is 9.89. The van der Waals surface area contributed by atoms with Gasteiger partial charge >= 0.3 is 0 Å². The molecule has 2 saturated heterocycles. The molecule has 5 heterocycles. The van der Waals surface area contributed by atoms with Gasteiger partial charge in [-0.1, -0.05) is 6.07 Å². The minimum Gasteiger partial charge on any atom is -0.487 e. The van der Waals surface area contributed by atoms with Crippen LogP contribution in [0, 0.1) is 11.3 Å². The molecule has 2 N–H and O–H groups in total. The second-order valence-corrected chi connectivity index (χ2v) is 14.2. The van der Waals surface area contributed by atoms with Crippen LogP contribution in [0.15, 0.2) is 43.1 Å². The van der Waals surface area contributed by atoms with Crippen LogP contribution >= 0.6 is 0 Å². The average molecular weight is 682 g/mol. The Kier molecular flexibility index (Phi) is 9.07. The van der Waals surface area contributed by atoms with Crippen LogP contribution in [0.3, 0.4) is 0 Å². The highest BCUT2D eigenvalue weighted by atomic mass is 16.5. The molecule has 262 valence electrons. The Balaban J connectivity index is 0.950. The van der Waals surface area contributed by atoms with Crippen molar-refractivity contribution in [2.45, 2.75) is 107 Å². The van der Waals surface area contributed by atoms with E-state index in [9.17, 15) is 10.4 Å². The number of nitrogens with zero attached hydrogens (tertiary/aromatic N) is 10. The first-order valence-corrected chi connectivity index (χ1v) is 17.7. The van der Waals surface area contributed by atoms with E-state index in [0.29, 0.717) is 66.5 Å². The average Bonchev–Trinajstić information content (AvgIpc) is 3.39. The Labute approximate surface area is 290 Å². The summed E-state index contributed by atoms with van der Waals surface area (Å²) >= 11 is 0. The van der Waals surface area contributed by atoms with Crippen LogP contribution < -0.4 is 14.8 Å². The van der Waals surface area contributed by atoms with Crippen LogP contribution in [0.2, 0.25) is 0 Å². The number of anilines is 2. The zero-order valence-electron chi connectivity index (χ0n) is 28.3. The number of tetrazole rings is 1. The molecule has 0 amide bonds. The van der Waals surface area contributed by atoms with E-state index in [1.165, 1.54) is 19.2 Å². The number of rotatable bonds is 13. The van der Waals surface area contributed by atoms with Crippen molar-refractivity contribution in [3.05, 3.63) is 48.7 Å². The molecule has 3 atom stereocenters. The summed E-state index contributed by atoms with van der Waals surface area (Å²) in [7, 11) is 0. The van der Waals surface area contributed by atoms with Crippen LogP contribution in [0.4, 0.5) is 11.6 Å². The number of fused-ring (bicyclic) bond motifs is 2. The van der Waals surface area contributed by atoms with E-state index in [4.69, 9.17) is 19.3 Å². The predicted molar refractivity (Wildman–Crippen MR) is 181 cm³/mol. The maximum absolute atomic E-state index is 10.4. The number of morpholine rings is 1. The van der Waals surface area contributed by atoms with Crippen LogP contribution in [0.25, 0.3) is 11.1 Å². The summed E-state index contributed by atoms with van der Waals surface area (Å²) in [6.07, 6.45) is 15.8. The molecule has 2 bridgehead atoms. The van der Waals surface area contributed by atoms with Gasteiger partial charge in [0.25, 0.3) is 5.88 Å². The Morgan fingerprint density at radius 3 is 2.48 bits per heavy atom. The van der Waals surface area contributed by atoms with Gasteiger partial charge in [0.1, 0.15) is 29.9 Å². The van der Waals surface area contributed by atoms with Crippen molar-refractivity contribution in [3.63, 3.8) is 0 Å². The third-order valence-corrected chi connectivity index (χ3v) is 10.6. The van der Waals surface area contributed by atoms with Gasteiger partial charge in [0, 0.05) is 42.5 Å². The second kappa shape index (κ2) is 13.9. The molecule has 15 nitrogen and oxygen atoms in total. The third kappa shape index (κ3) is 7.14. The molecule has 0 spiro atoms. The zero-order chi connectivity index (χ0) is 34.1. The Morgan fingerprint density at radius 1 is 1.04 bits per heavy atom. The highest BCUT2D eigenvalue weighted by molar-refractivity contribution is 5.67. The quantitative estimate of drug-likeness (QED) is 0.207. The molecule has 4 fully saturated rings. The van der Waals surface area contributed by atoms with Gasteiger partial charge < -0.3 is 24.6 Å². The molecule has 0 unspecified atom stereocenters. The Hall–Kier alpha value is -4.65. The van der Waals surface area contributed by atoms with E-state index in [0.717, 1.165) is 62.9 Å². The normalized spacial score (nSPS) is 24.7. The minimum atomic E-state index is -0.602. The minimum absolute atomic E-state index is 0.275. The molecule has 2 aliphatic carbocycles. The second-order valence-electron chi connectivity index (χ2n) is 14.2. The topological polar surface area (TPSA) is 174 Å². The lowest BCUT2D eigenvalue weighted by molar-refractivity contribution is -0.0458. The van der Waals surface area contributed by atoms with E-state index in [1.807, 2.05) is 29.9 Å². The fraction of sp³-hybridized carbons (Fsp3) is 0.571. The van der Waals surface area contributed by atoms with Crippen molar-refractivity contribution >= 4 is 11.6 Å². The molecule has 15 heteroatoms. The molecule has 1 aromatic carbocycles. The molecular formula is C35H43N11O4. The molecule has 4 aromatic rings. The summed E-state index contributed by atoms with van der Waals surface area (Å²) in [5.74, 6) is 1.36. The smallest absolute Gasteiger partial charge is 0.256 e. The fourth-order valence-electron chi connectivity index (χ4n) is 7.70. The molecule has 50 heavy (non-hydrogen) atoms. The molecule has 3 aromatic heterocycles. The van der Waals surface area contributed by atoms with Crippen molar-refractivity contribution in [2.24, 2.45) is 0 Å². The number of hydrogen-bond acceptors (Lipinski definition) is 13. The summed E-state index contributed by atoms with van der Waals surface area (Å²) in [6, 6.07) is 9.66. The number of aliphatic hydroxyl groups is 1. The number of nitrogens with one attached hydrogen (secondary N) is 1. The fourth-order valence-corrected chi connectivity index (χ4v) is 7.70. The van der Waals surface area contributed by atoms with Gasteiger partial charge in [-0.2, -0.15) is 5.26 Å². The first-order chi connectivity index (χ1) is 24.4. The van der Waals surface area contributed by atoms with Crippen molar-refractivity contribution < 1.29 is 19.3 Å². The molecule has 4 aliphatic rings. The first kappa shape index (κ1) is 32.5. The number of aromatic nitrogens is 8. The highest BCUT2D eigenvalue weighted by Gasteiger charge is 2.42. The summed E-state index contributed by atoms with van der Waals surface area (Å²) in [6.45, 7) is 4.45. The van der Waals surface area contributed by atoms with Crippen molar-refractivity contribution in [2.75, 3.05) is 25.1 Å². The highest BCUT2D eigenvalue weighted by Crippen LogP contribution is 2.41. The summed E-state index contributed by atoms with van der Waals surface area (Å²) in [5, 5.41) is 39.5. The van der Waals surface area contributed by atoms with E-state index in [-0.39, 0.29) is 12.1 Å². The first-order valence-electron chi connectivity index (χ1n) is 17.7. The summed E-state index contributed by atoms with van der Waals surface area (Å²) < 4.78 is 21.7. The van der Waals surface area contributed by atoms with E-state index < -0.39 is 5.60 Å². The van der Waals surface area contributed by atoms with Gasteiger partial charge in [0.2, 0.25) is 5.95 Å². The molecule has 0 radical (unpaired) electrons. The van der Waals surface area contributed by atoms with Gasteiger partial charge in [-0.25, -0.2) is 14.6 Å². The number of hydrogen-bond donors (Lipinski definition) is 2. The van der Waals surface area contributed by atoms with E-state index >= 15 is 0 Å². The van der Waals surface area contributed by atoms with Crippen molar-refractivity contribution in [1.82, 2.24) is 44.9 Å². The van der Waals surface area contributed by atoms with E-state index in [2.05, 4.69) is 41.8 Å². The lowest BCUT2D eigenvalue weighted by Gasteiger charge is -2.43. The maximum Gasteiger partial charge on any atom is 0.256 e. The SMILES string of the molecule is C[C@@H](Cn1cnnn1)Oc1cc(-c2cnc(Nc3cn([C@H]4CC[C@H](N5[C@@H]6CC[C@H]5COC6)CC4)nc3OCCC3(O)CC3)nc2)ccc1C#N. The summed E-state index contributed by atoms with van der Waals surface area (Å²) in [5.41, 5.74) is 2.11. The predicted octanol–water partition coefficient (Wildman–Crippen LogP) is 4.05. The Bertz CT molecular complexity index is 1780. The van der Waals surface area contributed by atoms with Crippen molar-refractivity contribution in [3.8, 4) is 28.8 Å². The van der Waals surface area contributed by atoms with Gasteiger partial charge in [-0.15, -0.1) is 10.2 Å². The zero-order valence-corrected chi connectivity index (χ0v) is 28.3. The van der Waals surface area contributed by atoms with E-state index in [1.54, 1.807) is 23.1 Å². The number of nitriles is 1. The van der Waals surface area contributed by atoms with Crippen LogP contribution in [-0.4, -0.2) is 99.6 Å². The van der Waals surface area contributed by atoms with Gasteiger partial charge in [-0.05, 0) is 86.4 Å². The van der Waals surface area contributed by atoms with Crippen LogP contribution in [-0.2, 0) is 11.3 Å². The monoisotopic (exact) mass is 681 g/mol. The van der Waals surface area contributed by atoms with Gasteiger partial charge in [0.05, 0.1) is 49.8 Å². The molecular weight excluding hydrogens is 638 g/mol. The van der Waals surface area contributed by atoms with Gasteiger partial charge in [0.15, 0.2) is 0 Å². The van der Waals surface area contributed by atoms with Crippen molar-refractivity contribution in [1.29, 1.82) is 5.26 Å². The standard InChI is InChI=1S/C35H43N11O4/c1-23(18-44-22-39-42-43-44)50-32-14-24(2-3-25(32)15-36)26-16-37-34(38-17-26)40-31-19-45(41-33(31)49-13-12-35(47)10-11-35)27-4-6-28(7-5-27)46-29-8-9-30(46)21-48-20-29/h2-3,14,16-17,19,22-23,27-30,47H,4-13,18,20-21H2,1H3,(H,37,38,40)/t23-,27-,28-,29-,30+/m0/s1. The van der Waals surface area contributed by atoms with Gasteiger partial charge in [-0.3, -0.25) is 9.58 Å².